The predicted octanol–water partition coefficient (Wildman–Crippen LogP) is 2.06. The molecule has 7 nitrogen and oxygen atoms in total. The van der Waals surface area contributed by atoms with Crippen LogP contribution in [0.25, 0.3) is 0 Å². The van der Waals surface area contributed by atoms with Crippen LogP contribution in [-0.2, 0) is 19.5 Å². The Balaban J connectivity index is 1.62. The predicted molar refractivity (Wildman–Crippen MR) is 91.4 cm³/mol. The molecular weight excluding hydrogens is 346 g/mol. The third-order valence-corrected chi connectivity index (χ3v) is 6.12. The Morgan fingerprint density at radius 2 is 1.88 bits per heavy atom. The van der Waals surface area contributed by atoms with Gasteiger partial charge < -0.3 is 18.9 Å². The third-order valence-electron chi connectivity index (χ3n) is 4.70. The molecule has 2 aliphatic rings. The van der Waals surface area contributed by atoms with Crippen molar-refractivity contribution in [3.63, 3.8) is 0 Å². The van der Waals surface area contributed by atoms with Gasteiger partial charge in [0.05, 0.1) is 31.8 Å². The van der Waals surface area contributed by atoms with E-state index in [-0.39, 0.29) is 17.5 Å². The van der Waals surface area contributed by atoms with Crippen LogP contribution in [0.5, 0.6) is 11.5 Å². The lowest BCUT2D eigenvalue weighted by atomic mass is 9.94. The maximum atomic E-state index is 12.5. The van der Waals surface area contributed by atoms with Gasteiger partial charge in [0.25, 0.3) is 0 Å². The molecular formula is C17H25NO6S. The molecule has 1 aromatic carbocycles. The van der Waals surface area contributed by atoms with E-state index in [1.807, 2.05) is 0 Å². The van der Waals surface area contributed by atoms with Gasteiger partial charge in [0, 0.05) is 25.5 Å². The molecule has 25 heavy (non-hydrogen) atoms. The second-order valence-electron chi connectivity index (χ2n) is 6.39. The molecule has 0 amide bonds. The molecule has 0 bridgehead atoms. The van der Waals surface area contributed by atoms with Crippen molar-refractivity contribution in [2.45, 2.75) is 48.9 Å². The fraction of sp³-hybridized carbons (Fsp3) is 0.647. The van der Waals surface area contributed by atoms with Crippen molar-refractivity contribution in [3.8, 4) is 11.5 Å². The van der Waals surface area contributed by atoms with Crippen molar-refractivity contribution < 1.29 is 27.4 Å². The average molecular weight is 371 g/mol. The number of hydrogen-bond donors (Lipinski definition) is 1. The van der Waals surface area contributed by atoms with Crippen LogP contribution in [0.2, 0.25) is 0 Å². The molecule has 3 rings (SSSR count). The highest BCUT2D eigenvalue weighted by Gasteiger charge is 2.42. The van der Waals surface area contributed by atoms with Crippen LogP contribution < -0.4 is 14.2 Å². The van der Waals surface area contributed by atoms with Crippen molar-refractivity contribution in [3.05, 3.63) is 18.2 Å². The first-order chi connectivity index (χ1) is 12.0. The minimum Gasteiger partial charge on any atom is -0.493 e. The van der Waals surface area contributed by atoms with Gasteiger partial charge in [0.1, 0.15) is 0 Å². The lowest BCUT2D eigenvalue weighted by Crippen LogP contribution is -2.37. The second kappa shape index (κ2) is 7.49. The molecule has 0 aromatic heterocycles. The average Bonchev–Trinajstić information content (AvgIpc) is 3.02. The van der Waals surface area contributed by atoms with Crippen LogP contribution >= 0.6 is 0 Å². The highest BCUT2D eigenvalue weighted by Crippen LogP contribution is 2.37. The van der Waals surface area contributed by atoms with Crippen molar-refractivity contribution in [2.75, 3.05) is 27.4 Å². The van der Waals surface area contributed by atoms with E-state index in [2.05, 4.69) is 4.72 Å². The largest absolute Gasteiger partial charge is 0.493 e. The Bertz CT molecular complexity index is 699. The van der Waals surface area contributed by atoms with Crippen LogP contribution in [0.15, 0.2) is 23.1 Å². The van der Waals surface area contributed by atoms with Crippen molar-refractivity contribution >= 4 is 10.0 Å². The highest BCUT2D eigenvalue weighted by molar-refractivity contribution is 7.89. The number of rotatable bonds is 6. The summed E-state index contributed by atoms with van der Waals surface area (Å²) in [6.07, 6.45) is 4.87. The summed E-state index contributed by atoms with van der Waals surface area (Å²) >= 11 is 0. The molecule has 1 heterocycles. The Morgan fingerprint density at radius 3 is 2.56 bits per heavy atom. The highest BCUT2D eigenvalue weighted by atomic mass is 32.2. The summed E-state index contributed by atoms with van der Waals surface area (Å²) in [4.78, 5) is 0.122. The van der Waals surface area contributed by atoms with Crippen LogP contribution in [0.3, 0.4) is 0 Å². The maximum Gasteiger partial charge on any atom is 0.240 e. The molecule has 8 heteroatoms. The molecule has 1 spiro atoms. The normalized spacial score (nSPS) is 22.9. The van der Waals surface area contributed by atoms with Gasteiger partial charge in [0.15, 0.2) is 17.3 Å². The standard InChI is InChI=1S/C17H25NO6S/c1-21-15-7-6-14(10-16(15)22-2)25(19,20)18-11-13-12-23-17(24-13)8-4-3-5-9-17/h6-7,10,13,18H,3-5,8-9,11-12H2,1-2H3/t13-/m1/s1. The molecule has 1 saturated heterocycles. The van der Waals surface area contributed by atoms with Gasteiger partial charge >= 0.3 is 0 Å². The summed E-state index contributed by atoms with van der Waals surface area (Å²) in [5.74, 6) is 0.345. The number of benzene rings is 1. The lowest BCUT2D eigenvalue weighted by molar-refractivity contribution is -0.186. The molecule has 1 atom stereocenters. The first-order valence-corrected chi connectivity index (χ1v) is 10.00. The van der Waals surface area contributed by atoms with E-state index >= 15 is 0 Å². The van der Waals surface area contributed by atoms with Gasteiger partial charge in [-0.05, 0) is 25.0 Å². The quantitative estimate of drug-likeness (QED) is 0.824. The van der Waals surface area contributed by atoms with Crippen LogP contribution in [0.1, 0.15) is 32.1 Å². The first-order valence-electron chi connectivity index (χ1n) is 8.51. The van der Waals surface area contributed by atoms with E-state index in [4.69, 9.17) is 18.9 Å². The molecule has 1 saturated carbocycles. The monoisotopic (exact) mass is 371 g/mol. The number of nitrogens with one attached hydrogen (secondary N) is 1. The summed E-state index contributed by atoms with van der Waals surface area (Å²) in [5.41, 5.74) is 0. The molecule has 1 aliphatic carbocycles. The van der Waals surface area contributed by atoms with Gasteiger partial charge in [-0.2, -0.15) is 0 Å². The Hall–Kier alpha value is -1.35. The maximum absolute atomic E-state index is 12.5. The van der Waals surface area contributed by atoms with Gasteiger partial charge in [-0.3, -0.25) is 0 Å². The molecule has 0 unspecified atom stereocenters. The van der Waals surface area contributed by atoms with Crippen LogP contribution in [0, 0.1) is 0 Å². The molecule has 0 radical (unpaired) electrons. The van der Waals surface area contributed by atoms with Crippen molar-refractivity contribution in [2.24, 2.45) is 0 Å². The lowest BCUT2D eigenvalue weighted by Gasteiger charge is -2.31. The zero-order valence-corrected chi connectivity index (χ0v) is 15.4. The minimum absolute atomic E-state index is 0.122. The van der Waals surface area contributed by atoms with Crippen molar-refractivity contribution in [1.82, 2.24) is 4.72 Å². The smallest absolute Gasteiger partial charge is 0.240 e. The van der Waals surface area contributed by atoms with Crippen LogP contribution in [-0.4, -0.2) is 47.7 Å². The Kier molecular flexibility index (Phi) is 5.52. The first kappa shape index (κ1) is 18.4. The summed E-state index contributed by atoms with van der Waals surface area (Å²) in [5, 5.41) is 0. The van der Waals surface area contributed by atoms with Gasteiger partial charge in [0.2, 0.25) is 10.0 Å². The van der Waals surface area contributed by atoms with E-state index < -0.39 is 15.8 Å². The van der Waals surface area contributed by atoms with Crippen molar-refractivity contribution in [1.29, 1.82) is 0 Å². The van der Waals surface area contributed by atoms with Gasteiger partial charge in [-0.25, -0.2) is 13.1 Å². The number of ether oxygens (including phenoxy) is 4. The van der Waals surface area contributed by atoms with Gasteiger partial charge in [-0.15, -0.1) is 0 Å². The van der Waals surface area contributed by atoms with Gasteiger partial charge in [-0.1, -0.05) is 6.42 Å². The number of methoxy groups -OCH3 is 2. The van der Waals surface area contributed by atoms with Crippen LogP contribution in [0.4, 0.5) is 0 Å². The van der Waals surface area contributed by atoms with E-state index in [0.717, 1.165) is 25.7 Å². The fourth-order valence-electron chi connectivity index (χ4n) is 3.34. The molecule has 1 N–H and O–H groups in total. The van der Waals surface area contributed by atoms with E-state index in [1.54, 1.807) is 6.07 Å². The molecule has 140 valence electrons. The molecule has 2 fully saturated rings. The number of sulfonamides is 1. The topological polar surface area (TPSA) is 83.1 Å². The summed E-state index contributed by atoms with van der Waals surface area (Å²) in [7, 11) is -0.699. The van der Waals surface area contributed by atoms with E-state index in [9.17, 15) is 8.42 Å². The van der Waals surface area contributed by atoms with E-state index in [1.165, 1.54) is 32.8 Å². The summed E-state index contributed by atoms with van der Waals surface area (Å²) in [6, 6.07) is 4.49. The molecule has 1 aliphatic heterocycles. The summed E-state index contributed by atoms with van der Waals surface area (Å²) in [6.45, 7) is 0.590. The SMILES string of the molecule is COc1ccc(S(=O)(=O)NC[C@@H]2COC3(CCCCC3)O2)cc1OC. The zero-order chi connectivity index (χ0) is 17.9. The Labute approximate surface area is 148 Å². The Morgan fingerprint density at radius 1 is 1.16 bits per heavy atom. The second-order valence-corrected chi connectivity index (χ2v) is 8.16. The molecule has 1 aromatic rings. The van der Waals surface area contributed by atoms with E-state index in [0.29, 0.717) is 18.1 Å². The minimum atomic E-state index is -3.67. The number of hydrogen-bond acceptors (Lipinski definition) is 6. The fourth-order valence-corrected chi connectivity index (χ4v) is 4.42. The third kappa shape index (κ3) is 4.08. The zero-order valence-electron chi connectivity index (χ0n) is 14.6. The summed E-state index contributed by atoms with van der Waals surface area (Å²) < 4.78 is 49.8.